The van der Waals surface area contributed by atoms with Gasteiger partial charge in [-0.1, -0.05) is 48.0 Å². The summed E-state index contributed by atoms with van der Waals surface area (Å²) in [5.41, 5.74) is 3.39. The van der Waals surface area contributed by atoms with Crippen LogP contribution in [0.25, 0.3) is 5.69 Å². The fourth-order valence-electron chi connectivity index (χ4n) is 2.27. The first-order chi connectivity index (χ1) is 10.7. The molecule has 0 aliphatic carbocycles. The Balaban J connectivity index is 1.75. The number of rotatable bonds is 5. The van der Waals surface area contributed by atoms with Crippen molar-refractivity contribution in [1.29, 1.82) is 0 Å². The van der Waals surface area contributed by atoms with Crippen LogP contribution in [-0.4, -0.2) is 5.27 Å². The molecule has 1 heterocycles. The molecule has 5 heteroatoms. The number of aromatic amines is 1. The van der Waals surface area contributed by atoms with E-state index in [9.17, 15) is 4.79 Å². The minimum atomic E-state index is -0.360. The summed E-state index contributed by atoms with van der Waals surface area (Å²) in [6.45, 7) is 3.14. The molecule has 0 amide bonds. The van der Waals surface area contributed by atoms with Gasteiger partial charge in [0.25, 0.3) is 0 Å². The van der Waals surface area contributed by atoms with E-state index < -0.39 is 0 Å². The van der Waals surface area contributed by atoms with E-state index in [2.05, 4.69) is 10.6 Å². The summed E-state index contributed by atoms with van der Waals surface area (Å²) in [4.78, 5) is 11.9. The second kappa shape index (κ2) is 6.41. The SMILES string of the molecule is Cc1ccc(-[n+]2[nH]oc(=O)c2CNCc2ccccc2)cc1. The van der Waals surface area contributed by atoms with Crippen LogP contribution < -0.4 is 15.6 Å². The number of aromatic nitrogens is 2. The molecule has 0 radical (unpaired) electrons. The average Bonchev–Trinajstić information content (AvgIpc) is 2.90. The molecule has 22 heavy (non-hydrogen) atoms. The number of nitrogens with one attached hydrogen (secondary N) is 2. The van der Waals surface area contributed by atoms with Crippen molar-refractivity contribution >= 4 is 0 Å². The molecule has 3 aromatic rings. The fourth-order valence-corrected chi connectivity index (χ4v) is 2.27. The molecule has 0 unspecified atom stereocenters. The number of hydrogen-bond acceptors (Lipinski definition) is 3. The lowest BCUT2D eigenvalue weighted by Crippen LogP contribution is -2.40. The van der Waals surface area contributed by atoms with Crippen molar-refractivity contribution in [3.8, 4) is 5.69 Å². The molecule has 0 bridgehead atoms. The third-order valence-electron chi connectivity index (χ3n) is 3.49. The van der Waals surface area contributed by atoms with E-state index in [1.807, 2.05) is 61.5 Å². The first kappa shape index (κ1) is 14.3. The van der Waals surface area contributed by atoms with Gasteiger partial charge in [-0.15, -0.1) is 0 Å². The van der Waals surface area contributed by atoms with Gasteiger partial charge in [-0.2, -0.15) is 0 Å². The summed E-state index contributed by atoms with van der Waals surface area (Å²) in [5, 5.41) is 5.91. The van der Waals surface area contributed by atoms with Crippen LogP contribution in [0.5, 0.6) is 0 Å². The molecule has 0 aliphatic heterocycles. The summed E-state index contributed by atoms with van der Waals surface area (Å²) in [7, 11) is 0. The topological polar surface area (TPSA) is 61.9 Å². The second-order valence-electron chi connectivity index (χ2n) is 5.19. The normalized spacial score (nSPS) is 10.8. The van der Waals surface area contributed by atoms with E-state index >= 15 is 0 Å². The molecule has 0 atom stereocenters. The lowest BCUT2D eigenvalue weighted by molar-refractivity contribution is -0.677. The maximum absolute atomic E-state index is 11.9. The quantitative estimate of drug-likeness (QED) is 0.706. The van der Waals surface area contributed by atoms with Gasteiger partial charge >= 0.3 is 11.3 Å². The van der Waals surface area contributed by atoms with E-state index in [1.54, 1.807) is 4.68 Å². The molecule has 5 nitrogen and oxygen atoms in total. The zero-order chi connectivity index (χ0) is 15.4. The lowest BCUT2D eigenvalue weighted by Gasteiger charge is -2.01. The second-order valence-corrected chi connectivity index (χ2v) is 5.19. The minimum Gasteiger partial charge on any atom is -0.303 e. The van der Waals surface area contributed by atoms with E-state index in [0.29, 0.717) is 18.8 Å². The highest BCUT2D eigenvalue weighted by Crippen LogP contribution is 2.03. The Kier molecular flexibility index (Phi) is 4.16. The Morgan fingerprint density at radius 3 is 2.50 bits per heavy atom. The highest BCUT2D eigenvalue weighted by Gasteiger charge is 2.22. The highest BCUT2D eigenvalue weighted by molar-refractivity contribution is 5.26. The zero-order valence-electron chi connectivity index (χ0n) is 12.4. The molecule has 0 aliphatic rings. The molecule has 3 rings (SSSR count). The molecule has 0 saturated heterocycles. The fraction of sp³-hybridized carbons (Fsp3) is 0.176. The van der Waals surface area contributed by atoms with Crippen molar-refractivity contribution in [2.75, 3.05) is 0 Å². The standard InChI is InChI=1S/C17H17N3O2/c1-13-7-9-15(10-8-13)20-16(17(21)22-19-20)12-18-11-14-5-3-2-4-6-14/h2-10,18H,11-12H2,1H3/p+1. The first-order valence-electron chi connectivity index (χ1n) is 7.18. The monoisotopic (exact) mass is 296 g/mol. The van der Waals surface area contributed by atoms with Gasteiger partial charge in [0.15, 0.2) is 0 Å². The number of nitrogens with zero attached hydrogens (tertiary/aromatic N) is 1. The van der Waals surface area contributed by atoms with Crippen LogP contribution >= 0.6 is 0 Å². The van der Waals surface area contributed by atoms with Crippen molar-refractivity contribution in [2.45, 2.75) is 20.0 Å². The van der Waals surface area contributed by atoms with Crippen molar-refractivity contribution in [3.63, 3.8) is 0 Å². The predicted octanol–water partition coefficient (Wildman–Crippen LogP) is 1.84. The van der Waals surface area contributed by atoms with E-state index in [0.717, 1.165) is 5.69 Å². The number of hydrogen-bond donors (Lipinski definition) is 2. The predicted molar refractivity (Wildman–Crippen MR) is 82.6 cm³/mol. The molecule has 1 aromatic heterocycles. The van der Waals surface area contributed by atoms with Gasteiger partial charge in [-0.3, -0.25) is 4.52 Å². The van der Waals surface area contributed by atoms with Crippen LogP contribution in [0, 0.1) is 6.92 Å². The molecule has 0 spiro atoms. The molecular formula is C17H18N3O2+. The van der Waals surface area contributed by atoms with Crippen molar-refractivity contribution < 1.29 is 9.20 Å². The van der Waals surface area contributed by atoms with Gasteiger partial charge in [-0.25, -0.2) is 4.79 Å². The van der Waals surface area contributed by atoms with Gasteiger partial charge in [0, 0.05) is 18.7 Å². The van der Waals surface area contributed by atoms with Gasteiger partial charge < -0.3 is 5.32 Å². The summed E-state index contributed by atoms with van der Waals surface area (Å²) in [6.07, 6.45) is 0. The van der Waals surface area contributed by atoms with Crippen LogP contribution in [0.15, 0.2) is 63.9 Å². The number of H-pyrrole nitrogens is 1. The number of benzene rings is 2. The molecule has 0 saturated carbocycles. The van der Waals surface area contributed by atoms with Gasteiger partial charge in [0.05, 0.1) is 6.54 Å². The Bertz CT molecular complexity index is 789. The molecule has 112 valence electrons. The van der Waals surface area contributed by atoms with Crippen LogP contribution in [0.2, 0.25) is 0 Å². The highest BCUT2D eigenvalue weighted by atomic mass is 16.5. The maximum Gasteiger partial charge on any atom is 0.431 e. The average molecular weight is 296 g/mol. The Labute approximate surface area is 128 Å². The summed E-state index contributed by atoms with van der Waals surface area (Å²) >= 11 is 0. The molecule has 0 fully saturated rings. The van der Waals surface area contributed by atoms with Crippen LogP contribution in [0.4, 0.5) is 0 Å². The van der Waals surface area contributed by atoms with Crippen LogP contribution in [-0.2, 0) is 13.1 Å². The van der Waals surface area contributed by atoms with E-state index in [4.69, 9.17) is 4.52 Å². The third kappa shape index (κ3) is 3.15. The largest absolute Gasteiger partial charge is 0.431 e. The third-order valence-corrected chi connectivity index (χ3v) is 3.49. The zero-order valence-corrected chi connectivity index (χ0v) is 12.4. The molecule has 2 N–H and O–H groups in total. The summed E-state index contributed by atoms with van der Waals surface area (Å²) in [6, 6.07) is 17.9. The molecular weight excluding hydrogens is 278 g/mol. The minimum absolute atomic E-state index is 0.360. The van der Waals surface area contributed by atoms with Crippen LogP contribution in [0.3, 0.4) is 0 Å². The van der Waals surface area contributed by atoms with Crippen molar-refractivity contribution in [1.82, 2.24) is 10.6 Å². The van der Waals surface area contributed by atoms with Gasteiger partial charge in [-0.05, 0) is 22.4 Å². The lowest BCUT2D eigenvalue weighted by atomic mass is 10.2. The van der Waals surface area contributed by atoms with E-state index in [1.165, 1.54) is 11.1 Å². The number of aryl methyl sites for hydroxylation is 1. The van der Waals surface area contributed by atoms with Crippen molar-refractivity contribution in [2.24, 2.45) is 0 Å². The molecule has 2 aromatic carbocycles. The Hall–Kier alpha value is -2.66. The Morgan fingerprint density at radius 2 is 1.77 bits per heavy atom. The van der Waals surface area contributed by atoms with Gasteiger partial charge in [0.2, 0.25) is 5.69 Å². The summed E-state index contributed by atoms with van der Waals surface area (Å²) < 4.78 is 6.59. The van der Waals surface area contributed by atoms with Crippen LogP contribution in [0.1, 0.15) is 16.8 Å². The summed E-state index contributed by atoms with van der Waals surface area (Å²) in [5.74, 6) is 0. The van der Waals surface area contributed by atoms with E-state index in [-0.39, 0.29) is 5.63 Å². The van der Waals surface area contributed by atoms with Crippen molar-refractivity contribution in [3.05, 3.63) is 81.8 Å². The smallest absolute Gasteiger partial charge is 0.303 e. The Morgan fingerprint density at radius 1 is 1.05 bits per heavy atom. The first-order valence-corrected chi connectivity index (χ1v) is 7.18. The maximum atomic E-state index is 11.9. The van der Waals surface area contributed by atoms with Gasteiger partial charge in [0.1, 0.15) is 0 Å².